The molecule has 0 heterocycles. The van der Waals surface area contributed by atoms with E-state index in [1.54, 1.807) is 0 Å². The van der Waals surface area contributed by atoms with Crippen LogP contribution < -0.4 is 5.32 Å². The van der Waals surface area contributed by atoms with Crippen LogP contribution in [0.3, 0.4) is 0 Å². The summed E-state index contributed by atoms with van der Waals surface area (Å²) in [4.78, 5) is 44.6. The van der Waals surface area contributed by atoms with E-state index in [0.717, 1.165) is 12.2 Å². The molecule has 1 N–H and O–H groups in total. The molecular formula is C27H45NO14. The Kier molecular flexibility index (Phi) is 28.6. The molecule has 0 aromatic carbocycles. The first-order chi connectivity index (χ1) is 20.5. The molecule has 0 spiro atoms. The molecule has 0 radical (unpaired) electrons. The van der Waals surface area contributed by atoms with Gasteiger partial charge in [0.15, 0.2) is 0 Å². The number of carbonyl (C=O) groups excluding carboxylic acids is 4. The summed E-state index contributed by atoms with van der Waals surface area (Å²) in [6.07, 6.45) is 2.02. The van der Waals surface area contributed by atoms with Crippen molar-refractivity contribution in [2.45, 2.75) is 12.8 Å². The lowest BCUT2D eigenvalue weighted by Crippen LogP contribution is -2.29. The van der Waals surface area contributed by atoms with Crippen LogP contribution in [0.15, 0.2) is 25.3 Å². The molecule has 0 atom stereocenters. The maximum absolute atomic E-state index is 11.5. The Hall–Kier alpha value is -3.08. The number of hydrogen-bond acceptors (Lipinski definition) is 14. The van der Waals surface area contributed by atoms with Gasteiger partial charge in [0.1, 0.15) is 19.8 Å². The van der Waals surface area contributed by atoms with Gasteiger partial charge in [-0.2, -0.15) is 0 Å². The number of alkyl carbamates (subject to hydrolysis) is 1. The van der Waals surface area contributed by atoms with Crippen LogP contribution in [-0.2, 0) is 61.8 Å². The summed E-state index contributed by atoms with van der Waals surface area (Å²) in [5.74, 6) is -1.46. The number of nitrogens with one attached hydrogen (secondary N) is 1. The van der Waals surface area contributed by atoms with E-state index in [2.05, 4.69) is 18.5 Å². The number of ether oxygens (including phenoxy) is 10. The van der Waals surface area contributed by atoms with Crippen molar-refractivity contribution in [2.24, 2.45) is 0 Å². The molecular weight excluding hydrogens is 562 g/mol. The fourth-order valence-electron chi connectivity index (χ4n) is 2.54. The third-order valence-corrected chi connectivity index (χ3v) is 4.53. The standard InChI is InChI=1S/C27H45NO14/c1-3-24(29)39-8-5-6-26(31)41-22-20-37-18-16-35-14-12-33-10-11-34-13-15-36-17-19-38-21-23-42-27(32)28-7-9-40-25(30)4-2/h3-4H,1-2,5-23H2,(H,28,32). The maximum Gasteiger partial charge on any atom is 0.407 e. The van der Waals surface area contributed by atoms with Crippen molar-refractivity contribution < 1.29 is 66.5 Å². The molecule has 0 saturated carbocycles. The molecule has 242 valence electrons. The van der Waals surface area contributed by atoms with Crippen LogP contribution in [0.4, 0.5) is 4.79 Å². The van der Waals surface area contributed by atoms with Crippen LogP contribution >= 0.6 is 0 Å². The Labute approximate surface area is 246 Å². The van der Waals surface area contributed by atoms with Crippen molar-refractivity contribution in [3.05, 3.63) is 25.3 Å². The van der Waals surface area contributed by atoms with E-state index in [-0.39, 0.29) is 58.6 Å². The molecule has 0 aliphatic heterocycles. The summed E-state index contributed by atoms with van der Waals surface area (Å²) < 4.78 is 51.5. The highest BCUT2D eigenvalue weighted by Crippen LogP contribution is 1.95. The number of hydrogen-bond donors (Lipinski definition) is 1. The highest BCUT2D eigenvalue weighted by molar-refractivity contribution is 5.81. The normalized spacial score (nSPS) is 10.5. The van der Waals surface area contributed by atoms with Gasteiger partial charge in [-0.05, 0) is 6.42 Å². The van der Waals surface area contributed by atoms with Crippen LogP contribution in [0, 0.1) is 0 Å². The summed E-state index contributed by atoms with van der Waals surface area (Å²) >= 11 is 0. The average molecular weight is 608 g/mol. The predicted octanol–water partition coefficient (Wildman–Crippen LogP) is 0.594. The van der Waals surface area contributed by atoms with Gasteiger partial charge < -0.3 is 52.7 Å². The molecule has 0 aromatic heterocycles. The molecule has 0 aromatic rings. The first-order valence-electron chi connectivity index (χ1n) is 13.6. The lowest BCUT2D eigenvalue weighted by Gasteiger charge is -2.09. The van der Waals surface area contributed by atoms with Crippen molar-refractivity contribution in [2.75, 3.05) is 112 Å². The molecule has 1 amide bonds. The monoisotopic (exact) mass is 607 g/mol. The van der Waals surface area contributed by atoms with Crippen molar-refractivity contribution in [3.63, 3.8) is 0 Å². The Morgan fingerprint density at radius 1 is 0.476 bits per heavy atom. The quantitative estimate of drug-likeness (QED) is 0.0520. The van der Waals surface area contributed by atoms with E-state index in [9.17, 15) is 19.2 Å². The second-order valence-electron chi connectivity index (χ2n) is 7.80. The van der Waals surface area contributed by atoms with Crippen LogP contribution in [0.5, 0.6) is 0 Å². The third-order valence-electron chi connectivity index (χ3n) is 4.53. The molecule has 15 heteroatoms. The lowest BCUT2D eigenvalue weighted by molar-refractivity contribution is -0.147. The first kappa shape index (κ1) is 38.9. The molecule has 42 heavy (non-hydrogen) atoms. The van der Waals surface area contributed by atoms with Crippen molar-refractivity contribution in [1.29, 1.82) is 0 Å². The van der Waals surface area contributed by atoms with Gasteiger partial charge >= 0.3 is 24.0 Å². The summed E-state index contributed by atoms with van der Waals surface area (Å²) in [7, 11) is 0. The fourth-order valence-corrected chi connectivity index (χ4v) is 2.54. The zero-order chi connectivity index (χ0) is 30.9. The second-order valence-corrected chi connectivity index (χ2v) is 7.80. The molecule has 0 unspecified atom stereocenters. The molecule has 0 aliphatic rings. The van der Waals surface area contributed by atoms with Gasteiger partial charge in [0.05, 0.1) is 92.4 Å². The molecule has 0 bridgehead atoms. The molecule has 0 rings (SSSR count). The zero-order valence-electron chi connectivity index (χ0n) is 24.2. The number of amides is 1. The van der Waals surface area contributed by atoms with Gasteiger partial charge in [0.2, 0.25) is 0 Å². The minimum absolute atomic E-state index is 0.0320. The van der Waals surface area contributed by atoms with E-state index in [1.165, 1.54) is 0 Å². The summed E-state index contributed by atoms with van der Waals surface area (Å²) in [6, 6.07) is 0. The average Bonchev–Trinajstić information content (AvgIpc) is 2.99. The van der Waals surface area contributed by atoms with Crippen molar-refractivity contribution in [3.8, 4) is 0 Å². The largest absolute Gasteiger partial charge is 0.463 e. The topological polar surface area (TPSA) is 173 Å². The smallest absolute Gasteiger partial charge is 0.407 e. The second kappa shape index (κ2) is 30.9. The Bertz CT molecular complexity index is 674. The first-order valence-corrected chi connectivity index (χ1v) is 13.6. The zero-order valence-corrected chi connectivity index (χ0v) is 24.2. The van der Waals surface area contributed by atoms with Crippen LogP contribution in [0.1, 0.15) is 12.8 Å². The van der Waals surface area contributed by atoms with E-state index < -0.39 is 18.0 Å². The van der Waals surface area contributed by atoms with E-state index in [1.807, 2.05) is 0 Å². The van der Waals surface area contributed by atoms with E-state index >= 15 is 0 Å². The van der Waals surface area contributed by atoms with Crippen molar-refractivity contribution in [1.82, 2.24) is 5.32 Å². The highest BCUT2D eigenvalue weighted by Gasteiger charge is 2.04. The molecule has 0 fully saturated rings. The lowest BCUT2D eigenvalue weighted by atomic mass is 10.3. The Morgan fingerprint density at radius 3 is 1.29 bits per heavy atom. The Morgan fingerprint density at radius 2 is 0.857 bits per heavy atom. The Balaban J connectivity index is 3.20. The van der Waals surface area contributed by atoms with Gasteiger partial charge in [-0.1, -0.05) is 13.2 Å². The summed E-state index contributed by atoms with van der Waals surface area (Å²) in [6.45, 7) is 11.6. The van der Waals surface area contributed by atoms with Crippen LogP contribution in [0.2, 0.25) is 0 Å². The van der Waals surface area contributed by atoms with Gasteiger partial charge in [0.25, 0.3) is 0 Å². The molecule has 0 aliphatic carbocycles. The van der Waals surface area contributed by atoms with Crippen LogP contribution in [-0.4, -0.2) is 136 Å². The van der Waals surface area contributed by atoms with E-state index in [4.69, 9.17) is 47.4 Å². The van der Waals surface area contributed by atoms with Gasteiger partial charge in [-0.25, -0.2) is 14.4 Å². The minimum Gasteiger partial charge on any atom is -0.463 e. The minimum atomic E-state index is -0.627. The van der Waals surface area contributed by atoms with Gasteiger partial charge in [-0.15, -0.1) is 0 Å². The maximum atomic E-state index is 11.5. The number of rotatable bonds is 30. The van der Waals surface area contributed by atoms with Crippen molar-refractivity contribution >= 4 is 24.0 Å². The SMILES string of the molecule is C=CC(=O)OCCCC(=O)OCCOCCOCCOCCOCCOCCOCCOC(=O)NCCOC(=O)C=C. The predicted molar refractivity (Wildman–Crippen MR) is 147 cm³/mol. The van der Waals surface area contributed by atoms with E-state index in [0.29, 0.717) is 72.5 Å². The fraction of sp³-hybridized carbons (Fsp3) is 0.704. The summed E-state index contributed by atoms with van der Waals surface area (Å²) in [5.41, 5.74) is 0. The molecule has 0 saturated heterocycles. The molecule has 15 nitrogen and oxygen atoms in total. The summed E-state index contributed by atoms with van der Waals surface area (Å²) in [5, 5.41) is 2.43. The van der Waals surface area contributed by atoms with Gasteiger partial charge in [-0.3, -0.25) is 4.79 Å². The number of carbonyl (C=O) groups is 4. The third kappa shape index (κ3) is 29.9. The number of esters is 3. The van der Waals surface area contributed by atoms with Crippen LogP contribution in [0.25, 0.3) is 0 Å². The van der Waals surface area contributed by atoms with Gasteiger partial charge in [0, 0.05) is 18.6 Å². The highest BCUT2D eigenvalue weighted by atomic mass is 16.6.